The van der Waals surface area contributed by atoms with Gasteiger partial charge in [-0.3, -0.25) is 0 Å². The molecule has 7 heteroatoms. The van der Waals surface area contributed by atoms with Gasteiger partial charge in [-0.2, -0.15) is 0 Å². The topological polar surface area (TPSA) is 104 Å². The Balaban J connectivity index is 1.70. The van der Waals surface area contributed by atoms with Gasteiger partial charge in [-0.15, -0.1) is 0 Å². The average Bonchev–Trinajstić information content (AvgIpc) is 2.69. The van der Waals surface area contributed by atoms with E-state index in [-0.39, 0.29) is 10.9 Å². The summed E-state index contributed by atoms with van der Waals surface area (Å²) in [6.45, 7) is 6.08. The second-order valence-electron chi connectivity index (χ2n) is 7.79. The van der Waals surface area contributed by atoms with Crippen LogP contribution in [0.2, 0.25) is 0 Å². The molecule has 5 N–H and O–H groups in total. The number of primary sulfonamides is 1. The Kier molecular flexibility index (Phi) is 6.95. The maximum atomic E-state index is 11.4. The molecule has 3 unspecified atom stereocenters. The lowest BCUT2D eigenvalue weighted by molar-refractivity contribution is 0.280. The van der Waals surface area contributed by atoms with E-state index < -0.39 is 10.0 Å². The molecular weight excluding hydrogens is 386 g/mol. The highest BCUT2D eigenvalue weighted by Gasteiger charge is 2.32. The molecule has 3 rings (SSSR count). The van der Waals surface area contributed by atoms with Crippen molar-refractivity contribution in [2.45, 2.75) is 56.0 Å². The van der Waals surface area contributed by atoms with E-state index in [1.807, 2.05) is 24.3 Å². The summed E-state index contributed by atoms with van der Waals surface area (Å²) in [6, 6.07) is 13.0. The van der Waals surface area contributed by atoms with Gasteiger partial charge in [0.1, 0.15) is 5.75 Å². The summed E-state index contributed by atoms with van der Waals surface area (Å²) in [6.07, 6.45) is 2.75. The second kappa shape index (κ2) is 9.26. The summed E-state index contributed by atoms with van der Waals surface area (Å²) in [5.74, 6) is 0.648. The molecule has 158 valence electrons. The normalized spacial score (nSPS) is 22.5. The van der Waals surface area contributed by atoms with Gasteiger partial charge in [0.2, 0.25) is 10.0 Å². The summed E-state index contributed by atoms with van der Waals surface area (Å²) in [7, 11) is -3.66. The summed E-state index contributed by atoms with van der Waals surface area (Å²) in [4.78, 5) is 0.135. The maximum absolute atomic E-state index is 11.4. The fourth-order valence-corrected chi connectivity index (χ4v) is 4.78. The first-order chi connectivity index (χ1) is 13.8. The fraction of sp³-hybridized carbons (Fsp3) is 0.455. The van der Waals surface area contributed by atoms with Crippen LogP contribution in [0.1, 0.15) is 42.9 Å². The van der Waals surface area contributed by atoms with E-state index in [9.17, 15) is 13.5 Å². The Hall–Kier alpha value is -1.93. The lowest BCUT2D eigenvalue weighted by Crippen LogP contribution is -2.54. The average molecular weight is 418 g/mol. The Morgan fingerprint density at radius 3 is 2.59 bits per heavy atom. The predicted molar refractivity (Wildman–Crippen MR) is 116 cm³/mol. The van der Waals surface area contributed by atoms with Crippen LogP contribution >= 0.6 is 0 Å². The Morgan fingerprint density at radius 1 is 1.21 bits per heavy atom. The van der Waals surface area contributed by atoms with Crippen molar-refractivity contribution in [3.8, 4) is 5.75 Å². The SMILES string of the molecule is CCc1ccc(O)cc1C1CCNC(C)C1NCCc1ccc(S(N)(=O)=O)cc1. The number of piperidine rings is 1. The number of rotatable bonds is 7. The van der Waals surface area contributed by atoms with Crippen molar-refractivity contribution >= 4 is 10.0 Å². The van der Waals surface area contributed by atoms with Crippen molar-refractivity contribution in [3.63, 3.8) is 0 Å². The molecule has 0 saturated carbocycles. The van der Waals surface area contributed by atoms with Crippen molar-refractivity contribution in [3.05, 3.63) is 59.2 Å². The zero-order chi connectivity index (χ0) is 21.0. The van der Waals surface area contributed by atoms with Gasteiger partial charge < -0.3 is 15.7 Å². The molecular formula is C22H31N3O3S. The van der Waals surface area contributed by atoms with E-state index in [0.717, 1.165) is 37.9 Å². The molecule has 0 radical (unpaired) electrons. The van der Waals surface area contributed by atoms with Crippen LogP contribution in [0.5, 0.6) is 5.75 Å². The van der Waals surface area contributed by atoms with E-state index in [4.69, 9.17) is 5.14 Å². The summed E-state index contributed by atoms with van der Waals surface area (Å²) >= 11 is 0. The zero-order valence-corrected chi connectivity index (χ0v) is 17.9. The number of sulfonamides is 1. The number of nitrogens with one attached hydrogen (secondary N) is 2. The molecule has 0 spiro atoms. The Bertz CT molecular complexity index is 929. The lowest BCUT2D eigenvalue weighted by Gasteiger charge is -2.39. The Labute approximate surface area is 173 Å². The number of hydrogen-bond acceptors (Lipinski definition) is 5. The van der Waals surface area contributed by atoms with Crippen molar-refractivity contribution in [2.75, 3.05) is 13.1 Å². The van der Waals surface area contributed by atoms with Gasteiger partial charge in [-0.05, 0) is 80.2 Å². The van der Waals surface area contributed by atoms with Crippen LogP contribution < -0.4 is 15.8 Å². The largest absolute Gasteiger partial charge is 0.508 e. The lowest BCUT2D eigenvalue weighted by atomic mass is 9.79. The van der Waals surface area contributed by atoms with Crippen LogP contribution in [0.3, 0.4) is 0 Å². The van der Waals surface area contributed by atoms with Crippen molar-refractivity contribution in [2.24, 2.45) is 5.14 Å². The highest BCUT2D eigenvalue weighted by molar-refractivity contribution is 7.89. The van der Waals surface area contributed by atoms with Crippen LogP contribution in [-0.4, -0.2) is 38.7 Å². The van der Waals surface area contributed by atoms with Gasteiger partial charge in [0.25, 0.3) is 0 Å². The van der Waals surface area contributed by atoms with Gasteiger partial charge in [-0.1, -0.05) is 25.1 Å². The number of aromatic hydroxyl groups is 1. The van der Waals surface area contributed by atoms with E-state index in [1.165, 1.54) is 11.1 Å². The molecule has 6 nitrogen and oxygen atoms in total. The van der Waals surface area contributed by atoms with Gasteiger partial charge in [-0.25, -0.2) is 13.6 Å². The fourth-order valence-electron chi connectivity index (χ4n) is 4.27. The van der Waals surface area contributed by atoms with E-state index in [1.54, 1.807) is 18.2 Å². The third kappa shape index (κ3) is 5.36. The third-order valence-electron chi connectivity index (χ3n) is 5.85. The summed E-state index contributed by atoms with van der Waals surface area (Å²) < 4.78 is 22.8. The minimum Gasteiger partial charge on any atom is -0.508 e. The maximum Gasteiger partial charge on any atom is 0.238 e. The molecule has 0 amide bonds. The minimum absolute atomic E-state index is 0.135. The zero-order valence-electron chi connectivity index (χ0n) is 17.1. The molecule has 1 fully saturated rings. The van der Waals surface area contributed by atoms with Gasteiger partial charge in [0.15, 0.2) is 0 Å². The highest BCUT2D eigenvalue weighted by atomic mass is 32.2. The molecule has 0 aromatic heterocycles. The van der Waals surface area contributed by atoms with Crippen LogP contribution in [-0.2, 0) is 22.9 Å². The first kappa shape index (κ1) is 21.8. The number of nitrogens with two attached hydrogens (primary N) is 1. The molecule has 2 aromatic carbocycles. The smallest absolute Gasteiger partial charge is 0.238 e. The quantitative estimate of drug-likeness (QED) is 0.553. The van der Waals surface area contributed by atoms with E-state index in [0.29, 0.717) is 17.7 Å². The molecule has 3 atom stereocenters. The number of aryl methyl sites for hydroxylation is 1. The third-order valence-corrected chi connectivity index (χ3v) is 6.78. The number of benzene rings is 2. The van der Waals surface area contributed by atoms with Gasteiger partial charge >= 0.3 is 0 Å². The van der Waals surface area contributed by atoms with Crippen molar-refractivity contribution < 1.29 is 13.5 Å². The van der Waals surface area contributed by atoms with Crippen LogP contribution in [0.15, 0.2) is 47.4 Å². The van der Waals surface area contributed by atoms with Gasteiger partial charge in [0, 0.05) is 18.0 Å². The van der Waals surface area contributed by atoms with Crippen LogP contribution in [0.4, 0.5) is 0 Å². The van der Waals surface area contributed by atoms with Crippen molar-refractivity contribution in [1.29, 1.82) is 0 Å². The molecule has 2 aromatic rings. The standard InChI is InChI=1S/C22H31N3O3S/c1-3-17-6-7-18(26)14-21(17)20-11-13-24-15(2)22(20)25-12-10-16-4-8-19(9-5-16)29(23,27)28/h4-9,14-15,20,22,24-26H,3,10-13H2,1-2H3,(H2,23,27,28). The second-order valence-corrected chi connectivity index (χ2v) is 9.35. The molecule has 0 bridgehead atoms. The first-order valence-electron chi connectivity index (χ1n) is 10.2. The predicted octanol–water partition coefficient (Wildman–Crippen LogP) is 2.27. The number of hydrogen-bond donors (Lipinski definition) is 4. The molecule has 0 aliphatic carbocycles. The molecule has 1 saturated heterocycles. The van der Waals surface area contributed by atoms with E-state index in [2.05, 4.69) is 24.5 Å². The number of phenols is 1. The van der Waals surface area contributed by atoms with Crippen molar-refractivity contribution in [1.82, 2.24) is 10.6 Å². The van der Waals surface area contributed by atoms with Crippen LogP contribution in [0.25, 0.3) is 0 Å². The van der Waals surface area contributed by atoms with Crippen LogP contribution in [0, 0.1) is 0 Å². The van der Waals surface area contributed by atoms with E-state index >= 15 is 0 Å². The first-order valence-corrected chi connectivity index (χ1v) is 11.7. The monoisotopic (exact) mass is 417 g/mol. The molecule has 1 aliphatic heterocycles. The summed E-state index contributed by atoms with van der Waals surface area (Å²) in [5.41, 5.74) is 3.58. The Morgan fingerprint density at radius 2 is 1.93 bits per heavy atom. The molecule has 29 heavy (non-hydrogen) atoms. The molecule has 1 heterocycles. The number of phenolic OH excluding ortho intramolecular Hbond substituents is 1. The molecule has 1 aliphatic rings. The highest BCUT2D eigenvalue weighted by Crippen LogP contribution is 2.33. The summed E-state index contributed by atoms with van der Waals surface area (Å²) in [5, 5.41) is 22.4. The van der Waals surface area contributed by atoms with Gasteiger partial charge in [0.05, 0.1) is 4.90 Å². The minimum atomic E-state index is -3.66.